The Morgan fingerprint density at radius 3 is 2.50 bits per heavy atom. The number of hydrogen-bond donors (Lipinski definition) is 0. The number of para-hydroxylation sites is 1. The van der Waals surface area contributed by atoms with Gasteiger partial charge >= 0.3 is 0 Å². The summed E-state index contributed by atoms with van der Waals surface area (Å²) in [5, 5.41) is 0. The van der Waals surface area contributed by atoms with Gasteiger partial charge in [0.25, 0.3) is 0 Å². The van der Waals surface area contributed by atoms with Crippen molar-refractivity contribution in [1.29, 1.82) is 0 Å². The van der Waals surface area contributed by atoms with Crippen LogP contribution < -0.4 is 0 Å². The Hall–Kier alpha value is -2.22. The third kappa shape index (κ3) is 1.76. The van der Waals surface area contributed by atoms with E-state index in [4.69, 9.17) is 4.99 Å². The maximum Gasteiger partial charge on any atom is 0.0676 e. The normalized spacial score (nSPS) is 17.8. The first-order chi connectivity index (χ1) is 8.90. The van der Waals surface area contributed by atoms with Crippen LogP contribution in [0.1, 0.15) is 17.0 Å². The lowest BCUT2D eigenvalue weighted by Crippen LogP contribution is -2.11. The Kier molecular flexibility index (Phi) is 2.77. The van der Waals surface area contributed by atoms with Gasteiger partial charge in [0, 0.05) is 13.3 Å². The number of aliphatic imine (C=N–C) groups is 2. The minimum Gasteiger partial charge on any atom is -0.300 e. The minimum atomic E-state index is 0.175. The molecule has 3 rings (SSSR count). The van der Waals surface area contributed by atoms with E-state index >= 15 is 0 Å². The summed E-state index contributed by atoms with van der Waals surface area (Å²) in [5.41, 5.74) is 4.55. The average molecular weight is 234 g/mol. The lowest BCUT2D eigenvalue weighted by molar-refractivity contribution is 1.26. The summed E-state index contributed by atoms with van der Waals surface area (Å²) < 4.78 is 0. The van der Waals surface area contributed by atoms with Crippen LogP contribution in [0.15, 0.2) is 64.6 Å². The summed E-state index contributed by atoms with van der Waals surface area (Å²) in [7, 11) is 1.81. The van der Waals surface area contributed by atoms with Crippen LogP contribution in [-0.4, -0.2) is 19.0 Å². The quantitative estimate of drug-likeness (QED) is 0.709. The molecule has 1 aliphatic rings. The molecule has 1 atom stereocenters. The molecule has 2 heteroatoms. The molecule has 0 N–H and O–H groups in total. The summed E-state index contributed by atoms with van der Waals surface area (Å²) in [4.78, 5) is 8.93. The van der Waals surface area contributed by atoms with Crippen molar-refractivity contribution in [3.63, 3.8) is 0 Å². The number of benzene rings is 2. The number of nitrogens with zero attached hydrogens (tertiary/aromatic N) is 2. The van der Waals surface area contributed by atoms with Crippen LogP contribution in [0.2, 0.25) is 0 Å². The van der Waals surface area contributed by atoms with Crippen molar-refractivity contribution in [2.45, 2.75) is 5.92 Å². The second-order valence-electron chi connectivity index (χ2n) is 4.31. The van der Waals surface area contributed by atoms with Gasteiger partial charge in [-0.2, -0.15) is 0 Å². The number of rotatable bonds is 2. The molecule has 2 aromatic carbocycles. The average Bonchev–Trinajstić information content (AvgIpc) is 2.80. The van der Waals surface area contributed by atoms with Crippen molar-refractivity contribution in [3.05, 3.63) is 65.7 Å². The van der Waals surface area contributed by atoms with E-state index in [1.807, 2.05) is 37.5 Å². The van der Waals surface area contributed by atoms with Gasteiger partial charge in [-0.3, -0.25) is 9.98 Å². The minimum absolute atomic E-state index is 0.175. The highest BCUT2D eigenvalue weighted by atomic mass is 14.8. The molecule has 0 aromatic heterocycles. The lowest BCUT2D eigenvalue weighted by Gasteiger charge is -2.09. The van der Waals surface area contributed by atoms with E-state index in [1.165, 1.54) is 11.1 Å². The Morgan fingerprint density at radius 1 is 1.00 bits per heavy atom. The molecule has 1 heterocycles. The highest BCUT2D eigenvalue weighted by molar-refractivity contribution is 6.17. The molecule has 0 radical (unpaired) electrons. The second-order valence-corrected chi connectivity index (χ2v) is 4.31. The molecule has 18 heavy (non-hydrogen) atoms. The maximum absolute atomic E-state index is 4.75. The van der Waals surface area contributed by atoms with E-state index in [0.717, 1.165) is 11.4 Å². The SMILES string of the molecule is CN=CC1C(c2ccccc2)=Nc2ccccc21. The first kappa shape index (κ1) is 10.9. The Morgan fingerprint density at radius 2 is 1.72 bits per heavy atom. The van der Waals surface area contributed by atoms with Gasteiger partial charge in [-0.25, -0.2) is 0 Å². The van der Waals surface area contributed by atoms with E-state index in [9.17, 15) is 0 Å². The molecule has 0 bridgehead atoms. The Labute approximate surface area is 107 Å². The molecule has 0 amide bonds. The Balaban J connectivity index is 2.11. The fourth-order valence-electron chi connectivity index (χ4n) is 2.35. The first-order valence-corrected chi connectivity index (χ1v) is 6.05. The third-order valence-electron chi connectivity index (χ3n) is 3.18. The van der Waals surface area contributed by atoms with Crippen molar-refractivity contribution in [2.24, 2.45) is 9.98 Å². The fourth-order valence-corrected chi connectivity index (χ4v) is 2.35. The van der Waals surface area contributed by atoms with Crippen LogP contribution in [0.3, 0.4) is 0 Å². The predicted octanol–water partition coefficient (Wildman–Crippen LogP) is 3.61. The number of hydrogen-bond acceptors (Lipinski definition) is 2. The molecular formula is C16H14N2. The largest absolute Gasteiger partial charge is 0.300 e. The topological polar surface area (TPSA) is 24.7 Å². The molecule has 0 saturated heterocycles. The first-order valence-electron chi connectivity index (χ1n) is 6.05. The molecule has 0 fully saturated rings. The van der Waals surface area contributed by atoms with Crippen molar-refractivity contribution in [1.82, 2.24) is 0 Å². The molecule has 0 spiro atoms. The van der Waals surface area contributed by atoms with E-state index < -0.39 is 0 Å². The third-order valence-corrected chi connectivity index (χ3v) is 3.18. The van der Waals surface area contributed by atoms with Gasteiger partial charge in [0.1, 0.15) is 0 Å². The van der Waals surface area contributed by atoms with E-state index in [0.29, 0.717) is 0 Å². The molecule has 88 valence electrons. The number of fused-ring (bicyclic) bond motifs is 1. The molecule has 2 aromatic rings. The van der Waals surface area contributed by atoms with Crippen molar-refractivity contribution >= 4 is 17.6 Å². The standard InChI is InChI=1S/C16H14N2/c1-17-11-14-13-9-5-6-10-15(13)18-16(14)12-7-3-2-4-8-12/h2-11,14H,1H3. The summed E-state index contributed by atoms with van der Waals surface area (Å²) >= 11 is 0. The molecule has 1 aliphatic heterocycles. The second kappa shape index (κ2) is 4.57. The van der Waals surface area contributed by atoms with E-state index in [2.05, 4.69) is 35.3 Å². The zero-order valence-electron chi connectivity index (χ0n) is 10.2. The van der Waals surface area contributed by atoms with Gasteiger partial charge in [0.15, 0.2) is 0 Å². The van der Waals surface area contributed by atoms with Crippen LogP contribution in [0.5, 0.6) is 0 Å². The van der Waals surface area contributed by atoms with Gasteiger partial charge < -0.3 is 0 Å². The zero-order chi connectivity index (χ0) is 12.4. The molecule has 1 unspecified atom stereocenters. The van der Waals surface area contributed by atoms with E-state index in [1.54, 1.807) is 0 Å². The van der Waals surface area contributed by atoms with Gasteiger partial charge in [0.05, 0.1) is 17.3 Å². The molecule has 2 nitrogen and oxygen atoms in total. The molecule has 0 aliphatic carbocycles. The van der Waals surface area contributed by atoms with Gasteiger partial charge in [-0.1, -0.05) is 48.5 Å². The van der Waals surface area contributed by atoms with Crippen molar-refractivity contribution < 1.29 is 0 Å². The molecular weight excluding hydrogens is 220 g/mol. The predicted molar refractivity (Wildman–Crippen MR) is 76.2 cm³/mol. The van der Waals surface area contributed by atoms with Gasteiger partial charge in [0.2, 0.25) is 0 Å². The highest BCUT2D eigenvalue weighted by Gasteiger charge is 2.26. The van der Waals surface area contributed by atoms with Gasteiger partial charge in [-0.05, 0) is 17.2 Å². The van der Waals surface area contributed by atoms with Crippen LogP contribution in [0.4, 0.5) is 5.69 Å². The van der Waals surface area contributed by atoms with Crippen LogP contribution in [0.25, 0.3) is 0 Å². The summed E-state index contributed by atoms with van der Waals surface area (Å²) in [6.45, 7) is 0. The zero-order valence-corrected chi connectivity index (χ0v) is 10.2. The lowest BCUT2D eigenvalue weighted by atomic mass is 9.93. The summed E-state index contributed by atoms with van der Waals surface area (Å²) in [6.07, 6.45) is 1.97. The summed E-state index contributed by atoms with van der Waals surface area (Å²) in [5.74, 6) is 0.175. The maximum atomic E-state index is 4.75. The monoisotopic (exact) mass is 234 g/mol. The van der Waals surface area contributed by atoms with E-state index in [-0.39, 0.29) is 5.92 Å². The van der Waals surface area contributed by atoms with Crippen LogP contribution in [-0.2, 0) is 0 Å². The van der Waals surface area contributed by atoms with Gasteiger partial charge in [-0.15, -0.1) is 0 Å². The van der Waals surface area contributed by atoms with Crippen LogP contribution in [0, 0.1) is 0 Å². The smallest absolute Gasteiger partial charge is 0.0676 e. The summed E-state index contributed by atoms with van der Waals surface area (Å²) in [6, 6.07) is 18.6. The fraction of sp³-hybridized carbons (Fsp3) is 0.125. The van der Waals surface area contributed by atoms with Crippen molar-refractivity contribution in [3.8, 4) is 0 Å². The van der Waals surface area contributed by atoms with Crippen LogP contribution >= 0.6 is 0 Å². The highest BCUT2D eigenvalue weighted by Crippen LogP contribution is 2.36. The molecule has 0 saturated carbocycles. The Bertz CT molecular complexity index is 612. The van der Waals surface area contributed by atoms with Crippen molar-refractivity contribution in [2.75, 3.05) is 7.05 Å².